The summed E-state index contributed by atoms with van der Waals surface area (Å²) in [5.41, 5.74) is 0.615. The zero-order chi connectivity index (χ0) is 14.2. The Hall–Kier alpha value is -0.970. The molecule has 2 rings (SSSR count). The highest BCUT2D eigenvalue weighted by molar-refractivity contribution is 5.20. The number of benzene rings is 1. The van der Waals surface area contributed by atoms with E-state index in [1.807, 2.05) is 13.0 Å². The van der Waals surface area contributed by atoms with E-state index in [0.29, 0.717) is 18.7 Å². The van der Waals surface area contributed by atoms with Crippen molar-refractivity contribution >= 4 is 0 Å². The van der Waals surface area contributed by atoms with Crippen LogP contribution in [0.5, 0.6) is 0 Å². The SMILES string of the molecule is CCNCC(OCC1CCCCO1)c1ccccc1F. The molecule has 3 nitrogen and oxygen atoms in total. The van der Waals surface area contributed by atoms with E-state index in [4.69, 9.17) is 9.47 Å². The highest BCUT2D eigenvalue weighted by Gasteiger charge is 2.20. The minimum absolute atomic E-state index is 0.152. The Morgan fingerprint density at radius 1 is 1.40 bits per heavy atom. The van der Waals surface area contributed by atoms with E-state index in [0.717, 1.165) is 26.0 Å². The van der Waals surface area contributed by atoms with E-state index >= 15 is 0 Å². The fourth-order valence-corrected chi connectivity index (χ4v) is 2.43. The molecule has 0 aliphatic carbocycles. The number of hydrogen-bond acceptors (Lipinski definition) is 3. The molecular weight excluding hydrogens is 257 g/mol. The molecule has 1 aromatic carbocycles. The highest BCUT2D eigenvalue weighted by atomic mass is 19.1. The fraction of sp³-hybridized carbons (Fsp3) is 0.625. The molecule has 0 saturated carbocycles. The van der Waals surface area contributed by atoms with Crippen LogP contribution >= 0.6 is 0 Å². The van der Waals surface area contributed by atoms with Crippen LogP contribution in [0, 0.1) is 5.82 Å². The Morgan fingerprint density at radius 3 is 2.95 bits per heavy atom. The van der Waals surface area contributed by atoms with E-state index < -0.39 is 0 Å². The molecule has 2 unspecified atom stereocenters. The van der Waals surface area contributed by atoms with Crippen molar-refractivity contribution in [1.29, 1.82) is 0 Å². The van der Waals surface area contributed by atoms with E-state index in [2.05, 4.69) is 5.32 Å². The summed E-state index contributed by atoms with van der Waals surface area (Å²) < 4.78 is 25.5. The molecular formula is C16H24FNO2. The predicted molar refractivity (Wildman–Crippen MR) is 77.2 cm³/mol. The lowest BCUT2D eigenvalue weighted by Crippen LogP contribution is -2.29. The Bertz CT molecular complexity index is 394. The largest absolute Gasteiger partial charge is 0.376 e. The first-order chi connectivity index (χ1) is 9.81. The van der Waals surface area contributed by atoms with E-state index in [1.165, 1.54) is 12.5 Å². The third-order valence-corrected chi connectivity index (χ3v) is 3.59. The van der Waals surface area contributed by atoms with Gasteiger partial charge in [0.2, 0.25) is 0 Å². The van der Waals surface area contributed by atoms with Gasteiger partial charge in [0.15, 0.2) is 0 Å². The second-order valence-electron chi connectivity index (χ2n) is 5.14. The molecule has 1 aromatic rings. The van der Waals surface area contributed by atoms with E-state index in [1.54, 1.807) is 12.1 Å². The van der Waals surface area contributed by atoms with Crippen molar-refractivity contribution < 1.29 is 13.9 Å². The molecule has 1 fully saturated rings. The van der Waals surface area contributed by atoms with Crippen molar-refractivity contribution in [2.24, 2.45) is 0 Å². The van der Waals surface area contributed by atoms with Crippen molar-refractivity contribution in [3.05, 3.63) is 35.6 Å². The first kappa shape index (κ1) is 15.4. The molecule has 0 spiro atoms. The number of ether oxygens (including phenoxy) is 2. The van der Waals surface area contributed by atoms with Gasteiger partial charge in [-0.3, -0.25) is 0 Å². The van der Waals surface area contributed by atoms with Gasteiger partial charge in [0.25, 0.3) is 0 Å². The van der Waals surface area contributed by atoms with E-state index in [-0.39, 0.29) is 18.0 Å². The first-order valence-corrected chi connectivity index (χ1v) is 7.49. The number of nitrogens with one attached hydrogen (secondary N) is 1. The van der Waals surface area contributed by atoms with Gasteiger partial charge >= 0.3 is 0 Å². The number of likely N-dealkylation sites (N-methyl/N-ethyl adjacent to an activating group) is 1. The summed E-state index contributed by atoms with van der Waals surface area (Å²) in [5.74, 6) is -0.208. The Kier molecular flexibility index (Phi) is 6.43. The summed E-state index contributed by atoms with van der Waals surface area (Å²) in [6, 6.07) is 6.82. The summed E-state index contributed by atoms with van der Waals surface area (Å²) in [5, 5.41) is 3.23. The van der Waals surface area contributed by atoms with Gasteiger partial charge in [0.1, 0.15) is 5.82 Å². The van der Waals surface area contributed by atoms with Gasteiger partial charge in [0.05, 0.1) is 18.8 Å². The lowest BCUT2D eigenvalue weighted by molar-refractivity contribution is -0.0639. The summed E-state index contributed by atoms with van der Waals surface area (Å²) in [7, 11) is 0. The van der Waals surface area contributed by atoms with Crippen molar-refractivity contribution in [3.63, 3.8) is 0 Å². The Morgan fingerprint density at radius 2 is 2.25 bits per heavy atom. The molecule has 0 amide bonds. The second kappa shape index (κ2) is 8.35. The number of rotatable bonds is 7. The first-order valence-electron chi connectivity index (χ1n) is 7.49. The molecule has 0 radical (unpaired) electrons. The normalized spacial score (nSPS) is 20.8. The van der Waals surface area contributed by atoms with Crippen LogP contribution in [0.15, 0.2) is 24.3 Å². The smallest absolute Gasteiger partial charge is 0.129 e. The summed E-state index contributed by atoms with van der Waals surface area (Å²) in [6.07, 6.45) is 3.24. The maximum atomic E-state index is 13.9. The van der Waals surface area contributed by atoms with Gasteiger partial charge in [-0.15, -0.1) is 0 Å². The molecule has 1 N–H and O–H groups in total. The summed E-state index contributed by atoms with van der Waals surface area (Å²) in [6.45, 7) is 4.83. The molecule has 1 aliphatic heterocycles. The molecule has 1 aliphatic rings. The van der Waals surface area contributed by atoms with Crippen LogP contribution in [0.2, 0.25) is 0 Å². The molecule has 2 atom stereocenters. The molecule has 1 saturated heterocycles. The van der Waals surface area contributed by atoms with Crippen LogP contribution in [0.4, 0.5) is 4.39 Å². The van der Waals surface area contributed by atoms with Gasteiger partial charge in [-0.25, -0.2) is 4.39 Å². The van der Waals surface area contributed by atoms with Gasteiger partial charge < -0.3 is 14.8 Å². The summed E-state index contributed by atoms with van der Waals surface area (Å²) >= 11 is 0. The monoisotopic (exact) mass is 281 g/mol. The fourth-order valence-electron chi connectivity index (χ4n) is 2.43. The second-order valence-corrected chi connectivity index (χ2v) is 5.14. The molecule has 0 bridgehead atoms. The van der Waals surface area contributed by atoms with Gasteiger partial charge in [0, 0.05) is 18.7 Å². The molecule has 20 heavy (non-hydrogen) atoms. The van der Waals surface area contributed by atoms with Crippen molar-refractivity contribution in [2.75, 3.05) is 26.3 Å². The maximum absolute atomic E-state index is 13.9. The van der Waals surface area contributed by atoms with Crippen LogP contribution in [0.1, 0.15) is 37.9 Å². The summed E-state index contributed by atoms with van der Waals surface area (Å²) in [4.78, 5) is 0. The minimum atomic E-state index is -0.262. The quantitative estimate of drug-likeness (QED) is 0.833. The van der Waals surface area contributed by atoms with Crippen molar-refractivity contribution in [3.8, 4) is 0 Å². The Balaban J connectivity index is 1.94. The van der Waals surface area contributed by atoms with Crippen LogP contribution in [-0.2, 0) is 9.47 Å². The zero-order valence-corrected chi connectivity index (χ0v) is 12.1. The van der Waals surface area contributed by atoms with Gasteiger partial charge in [-0.2, -0.15) is 0 Å². The van der Waals surface area contributed by atoms with Crippen LogP contribution < -0.4 is 5.32 Å². The standard InChI is InChI=1S/C16H24FNO2/c1-2-18-11-16(14-8-3-4-9-15(14)17)20-12-13-7-5-6-10-19-13/h3-4,8-9,13,16,18H,2,5-7,10-12H2,1H3. The lowest BCUT2D eigenvalue weighted by atomic mass is 10.1. The highest BCUT2D eigenvalue weighted by Crippen LogP contribution is 2.22. The van der Waals surface area contributed by atoms with Gasteiger partial charge in [-0.05, 0) is 31.9 Å². The van der Waals surface area contributed by atoms with E-state index in [9.17, 15) is 4.39 Å². The average Bonchev–Trinajstić information content (AvgIpc) is 2.49. The molecule has 112 valence electrons. The molecule has 4 heteroatoms. The minimum Gasteiger partial charge on any atom is -0.376 e. The molecule has 0 aromatic heterocycles. The number of halogens is 1. The van der Waals surface area contributed by atoms with Crippen LogP contribution in [0.25, 0.3) is 0 Å². The average molecular weight is 281 g/mol. The van der Waals surface area contributed by atoms with Crippen LogP contribution in [0.3, 0.4) is 0 Å². The number of hydrogen-bond donors (Lipinski definition) is 1. The molecule has 1 heterocycles. The van der Waals surface area contributed by atoms with Gasteiger partial charge in [-0.1, -0.05) is 25.1 Å². The predicted octanol–water partition coefficient (Wildman–Crippen LogP) is 3.06. The zero-order valence-electron chi connectivity index (χ0n) is 12.1. The maximum Gasteiger partial charge on any atom is 0.129 e. The lowest BCUT2D eigenvalue weighted by Gasteiger charge is -2.26. The third kappa shape index (κ3) is 4.54. The topological polar surface area (TPSA) is 30.5 Å². The van der Waals surface area contributed by atoms with Crippen molar-refractivity contribution in [2.45, 2.75) is 38.4 Å². The third-order valence-electron chi connectivity index (χ3n) is 3.59. The van der Waals surface area contributed by atoms with Crippen molar-refractivity contribution in [1.82, 2.24) is 5.32 Å². The van der Waals surface area contributed by atoms with Crippen LogP contribution in [-0.4, -0.2) is 32.4 Å². The Labute approximate surface area is 120 Å².